The Morgan fingerprint density at radius 3 is 2.31 bits per heavy atom. The van der Waals surface area contributed by atoms with Crippen molar-refractivity contribution in [2.24, 2.45) is 0 Å². The number of fused-ring (bicyclic) bond motifs is 1. The van der Waals surface area contributed by atoms with Gasteiger partial charge in [-0.3, -0.25) is 4.79 Å². The molecular weight excluding hydrogens is 526 g/mol. The van der Waals surface area contributed by atoms with Crippen LogP contribution in [0.15, 0.2) is 47.3 Å². The molecule has 2 aromatic carbocycles. The summed E-state index contributed by atoms with van der Waals surface area (Å²) in [6.07, 6.45) is -2.79. The number of aromatic nitrogens is 1. The van der Waals surface area contributed by atoms with E-state index in [1.807, 2.05) is 0 Å². The van der Waals surface area contributed by atoms with Crippen LogP contribution in [0.2, 0.25) is 5.02 Å². The van der Waals surface area contributed by atoms with E-state index in [0.29, 0.717) is 27.2 Å². The minimum Gasteiger partial charge on any atom is -0.444 e. The summed E-state index contributed by atoms with van der Waals surface area (Å²) < 4.78 is 16.1. The van der Waals surface area contributed by atoms with Crippen molar-refractivity contribution in [2.75, 3.05) is 12.3 Å². The number of aliphatic hydroxyl groups excluding tert-OH is 1. The molecule has 0 unspecified atom stereocenters. The van der Waals surface area contributed by atoms with E-state index in [0.717, 1.165) is 0 Å². The molecule has 10 nitrogen and oxygen atoms in total. The highest BCUT2D eigenvalue weighted by Gasteiger charge is 2.27. The minimum absolute atomic E-state index is 0.0495. The predicted molar refractivity (Wildman–Crippen MR) is 149 cm³/mol. The van der Waals surface area contributed by atoms with Crippen LogP contribution >= 0.6 is 11.6 Å². The molecule has 1 aromatic heterocycles. The van der Waals surface area contributed by atoms with E-state index in [2.05, 4.69) is 4.98 Å². The molecule has 0 aliphatic carbocycles. The Hall–Kier alpha value is -3.76. The molecule has 0 bridgehead atoms. The molecule has 0 aliphatic heterocycles. The van der Waals surface area contributed by atoms with E-state index in [-0.39, 0.29) is 24.4 Å². The van der Waals surface area contributed by atoms with Gasteiger partial charge in [0.1, 0.15) is 11.2 Å². The number of carbonyl (C=O) groups excluding carboxylic acids is 2. The van der Waals surface area contributed by atoms with Crippen LogP contribution in [0, 0.1) is 0 Å². The topological polar surface area (TPSA) is 144 Å². The first kappa shape index (κ1) is 29.8. The van der Waals surface area contributed by atoms with E-state index >= 15 is 0 Å². The van der Waals surface area contributed by atoms with Gasteiger partial charge in [0.2, 0.25) is 5.56 Å². The van der Waals surface area contributed by atoms with Crippen LogP contribution in [0.1, 0.15) is 58.8 Å². The maximum atomic E-state index is 13.1. The number of nitrogens with one attached hydrogen (secondary N) is 1. The third-order valence-corrected chi connectivity index (χ3v) is 5.64. The second-order valence-corrected chi connectivity index (χ2v) is 11.5. The summed E-state index contributed by atoms with van der Waals surface area (Å²) in [6, 6.07) is 10.8. The Morgan fingerprint density at radius 1 is 1.03 bits per heavy atom. The fourth-order valence-corrected chi connectivity index (χ4v) is 3.91. The molecule has 11 heteroatoms. The molecule has 4 N–H and O–H groups in total. The Morgan fingerprint density at radius 2 is 1.69 bits per heavy atom. The summed E-state index contributed by atoms with van der Waals surface area (Å²) in [5.41, 5.74) is 5.50. The Kier molecular flexibility index (Phi) is 8.82. The average molecular weight is 560 g/mol. The lowest BCUT2D eigenvalue weighted by molar-refractivity contribution is 0.0123. The van der Waals surface area contributed by atoms with Crippen molar-refractivity contribution in [1.82, 2.24) is 9.88 Å². The zero-order valence-electron chi connectivity index (χ0n) is 22.8. The average Bonchev–Trinajstić information content (AvgIpc) is 2.78. The zero-order chi connectivity index (χ0) is 29.1. The van der Waals surface area contributed by atoms with E-state index in [1.54, 1.807) is 65.8 Å². The van der Waals surface area contributed by atoms with Crippen molar-refractivity contribution in [3.8, 4) is 5.75 Å². The summed E-state index contributed by atoms with van der Waals surface area (Å²) in [5, 5.41) is 12.0. The van der Waals surface area contributed by atoms with Gasteiger partial charge < -0.3 is 34.9 Å². The maximum absolute atomic E-state index is 13.1. The molecule has 0 spiro atoms. The second kappa shape index (κ2) is 11.5. The van der Waals surface area contributed by atoms with Gasteiger partial charge in [-0.2, -0.15) is 0 Å². The second-order valence-electron chi connectivity index (χ2n) is 11.1. The fraction of sp³-hybridized carbons (Fsp3) is 0.393. The molecule has 0 saturated heterocycles. The molecule has 3 aromatic rings. The van der Waals surface area contributed by atoms with Gasteiger partial charge in [0, 0.05) is 18.0 Å². The molecular formula is C28H34ClN3O7. The number of nitrogen functional groups attached to an aromatic ring is 1. The number of aromatic amines is 1. The van der Waals surface area contributed by atoms with Gasteiger partial charge in [-0.15, -0.1) is 0 Å². The lowest BCUT2D eigenvalue weighted by Crippen LogP contribution is -2.38. The van der Waals surface area contributed by atoms with E-state index in [9.17, 15) is 19.5 Å². The molecule has 39 heavy (non-hydrogen) atoms. The number of amides is 1. The maximum Gasteiger partial charge on any atom is 0.514 e. The van der Waals surface area contributed by atoms with Gasteiger partial charge >= 0.3 is 12.2 Å². The molecule has 0 fully saturated rings. The van der Waals surface area contributed by atoms with Crippen molar-refractivity contribution in [1.29, 1.82) is 0 Å². The van der Waals surface area contributed by atoms with Crippen LogP contribution in [0.5, 0.6) is 5.75 Å². The van der Waals surface area contributed by atoms with E-state index in [1.165, 1.54) is 23.1 Å². The number of ether oxygens (including phenoxy) is 3. The first-order valence-corrected chi connectivity index (χ1v) is 12.7. The smallest absolute Gasteiger partial charge is 0.444 e. The van der Waals surface area contributed by atoms with Crippen LogP contribution < -0.4 is 16.0 Å². The summed E-state index contributed by atoms with van der Waals surface area (Å²) in [7, 11) is 0. The number of anilines is 1. The van der Waals surface area contributed by atoms with Crippen molar-refractivity contribution >= 4 is 40.4 Å². The monoisotopic (exact) mass is 559 g/mol. The van der Waals surface area contributed by atoms with Crippen LogP contribution in [-0.4, -0.2) is 45.0 Å². The van der Waals surface area contributed by atoms with Gasteiger partial charge in [0.05, 0.1) is 28.9 Å². The highest BCUT2D eigenvalue weighted by atomic mass is 35.5. The highest BCUT2D eigenvalue weighted by molar-refractivity contribution is 6.33. The molecule has 0 aliphatic rings. The number of benzene rings is 2. The van der Waals surface area contributed by atoms with Gasteiger partial charge in [-0.1, -0.05) is 23.7 Å². The van der Waals surface area contributed by atoms with Gasteiger partial charge in [0.25, 0.3) is 0 Å². The van der Waals surface area contributed by atoms with Gasteiger partial charge in [-0.25, -0.2) is 9.59 Å². The minimum atomic E-state index is -1.20. The number of hydrogen-bond acceptors (Lipinski definition) is 8. The lowest BCUT2D eigenvalue weighted by Gasteiger charge is -2.29. The Labute approximate surface area is 231 Å². The molecule has 3 rings (SSSR count). The summed E-state index contributed by atoms with van der Waals surface area (Å²) in [4.78, 5) is 41.5. The van der Waals surface area contributed by atoms with Crippen molar-refractivity contribution in [3.05, 3.63) is 69.0 Å². The number of H-pyrrole nitrogens is 1. The molecule has 1 amide bonds. The SMILES string of the molecule is CC(C)(C)OC(=O)Oc1ccc([C@@H](O)CN(Cc2ccc(N)c(Cl)c2)C(=O)OC(C)(C)C)c2ccc(=O)[nH]c12. The van der Waals surface area contributed by atoms with Crippen molar-refractivity contribution in [2.45, 2.75) is 65.4 Å². The summed E-state index contributed by atoms with van der Waals surface area (Å²) in [6.45, 7) is 10.2. The summed E-state index contributed by atoms with van der Waals surface area (Å²) in [5.74, 6) is 0.0495. The summed E-state index contributed by atoms with van der Waals surface area (Å²) >= 11 is 6.17. The van der Waals surface area contributed by atoms with Crippen molar-refractivity contribution < 1.29 is 28.9 Å². The standard InChI is InChI=1S/C28H34ClN3O7/c1-27(2,3)38-25(35)32(14-16-7-10-20(30)19(29)13-16)15-21(33)17-8-11-22(37-26(36)39-28(4,5)6)24-18(17)9-12-23(34)31-24/h7-13,21,33H,14-15,30H2,1-6H3,(H,31,34)/t21-/m0/s1. The van der Waals surface area contributed by atoms with Gasteiger partial charge in [-0.05, 0) is 76.9 Å². The molecule has 1 atom stereocenters. The quantitative estimate of drug-likeness (QED) is 0.202. The zero-order valence-corrected chi connectivity index (χ0v) is 23.6. The van der Waals surface area contributed by atoms with Crippen LogP contribution in [-0.2, 0) is 16.0 Å². The molecule has 210 valence electrons. The van der Waals surface area contributed by atoms with Crippen molar-refractivity contribution in [3.63, 3.8) is 0 Å². The van der Waals surface area contributed by atoms with Crippen LogP contribution in [0.3, 0.4) is 0 Å². The Balaban J connectivity index is 1.95. The number of halogens is 1. The Bertz CT molecular complexity index is 1420. The largest absolute Gasteiger partial charge is 0.514 e. The first-order chi connectivity index (χ1) is 18.0. The highest BCUT2D eigenvalue weighted by Crippen LogP contribution is 2.31. The predicted octanol–water partition coefficient (Wildman–Crippen LogP) is 5.55. The number of rotatable bonds is 6. The van der Waals surface area contributed by atoms with Gasteiger partial charge in [0.15, 0.2) is 5.75 Å². The number of pyridine rings is 1. The first-order valence-electron chi connectivity index (χ1n) is 12.3. The third-order valence-electron chi connectivity index (χ3n) is 5.32. The number of nitrogens with zero attached hydrogens (tertiary/aromatic N) is 1. The normalized spacial score (nSPS) is 12.6. The van der Waals surface area contributed by atoms with Crippen LogP contribution in [0.25, 0.3) is 10.9 Å². The lowest BCUT2D eigenvalue weighted by atomic mass is 10.0. The molecule has 0 radical (unpaired) electrons. The number of hydrogen-bond donors (Lipinski definition) is 3. The number of nitrogens with two attached hydrogens (primary N) is 1. The van der Waals surface area contributed by atoms with E-state index < -0.39 is 35.1 Å². The third kappa shape index (κ3) is 8.36. The van der Waals surface area contributed by atoms with Crippen LogP contribution in [0.4, 0.5) is 15.3 Å². The fourth-order valence-electron chi connectivity index (χ4n) is 3.71. The number of carbonyl (C=O) groups is 2. The van der Waals surface area contributed by atoms with E-state index in [4.69, 9.17) is 31.5 Å². The number of aliphatic hydroxyl groups is 1. The molecule has 0 saturated carbocycles. The molecule has 1 heterocycles.